The molecule has 2 aliphatic rings. The van der Waals surface area contributed by atoms with E-state index in [0.29, 0.717) is 12.5 Å². The quantitative estimate of drug-likeness (QED) is 0.576. The van der Waals surface area contributed by atoms with Crippen LogP contribution in [0.5, 0.6) is 0 Å². The highest BCUT2D eigenvalue weighted by Crippen LogP contribution is 2.54. The average Bonchev–Trinajstić information content (AvgIpc) is 3.19. The van der Waals surface area contributed by atoms with Crippen molar-refractivity contribution in [1.29, 1.82) is 0 Å². The van der Waals surface area contributed by atoms with Crippen LogP contribution in [0.25, 0.3) is 10.9 Å². The molecule has 1 aliphatic heterocycles. The molecule has 1 amide bonds. The molecule has 0 unspecified atom stereocenters. The molecule has 0 saturated carbocycles. The molecule has 34 heavy (non-hydrogen) atoms. The van der Waals surface area contributed by atoms with Crippen molar-refractivity contribution in [1.82, 2.24) is 10.3 Å². The molecule has 5 heteroatoms. The van der Waals surface area contributed by atoms with E-state index in [2.05, 4.69) is 88.7 Å². The Morgan fingerprint density at radius 1 is 1.26 bits per heavy atom. The fourth-order valence-corrected chi connectivity index (χ4v) is 6.42. The van der Waals surface area contributed by atoms with Crippen LogP contribution in [-0.2, 0) is 26.8 Å². The van der Waals surface area contributed by atoms with E-state index in [1.54, 1.807) is 7.11 Å². The first-order valence-electron chi connectivity index (χ1n) is 12.8. The zero-order valence-electron chi connectivity index (χ0n) is 22.3. The molecule has 0 radical (unpaired) electrons. The number of aromatic amines is 1. The van der Waals surface area contributed by atoms with Gasteiger partial charge in [0.15, 0.2) is 0 Å². The number of nitrogens with zero attached hydrogens (tertiary/aromatic N) is 1. The van der Waals surface area contributed by atoms with Gasteiger partial charge < -0.3 is 19.9 Å². The fourth-order valence-electron chi connectivity index (χ4n) is 6.42. The van der Waals surface area contributed by atoms with Crippen LogP contribution in [0.2, 0.25) is 0 Å². The molecule has 5 nitrogen and oxygen atoms in total. The lowest BCUT2D eigenvalue weighted by atomic mass is 9.57. The molecule has 4 atom stereocenters. The Morgan fingerprint density at radius 2 is 1.97 bits per heavy atom. The number of hydrogen-bond donors (Lipinski definition) is 2. The molecule has 1 aromatic carbocycles. The van der Waals surface area contributed by atoms with E-state index in [-0.39, 0.29) is 34.7 Å². The Kier molecular flexibility index (Phi) is 6.39. The number of H-pyrrole nitrogens is 1. The van der Waals surface area contributed by atoms with Gasteiger partial charge in [-0.1, -0.05) is 47.6 Å². The summed E-state index contributed by atoms with van der Waals surface area (Å²) in [6.45, 7) is 18.4. The minimum Gasteiger partial charge on any atom is -0.383 e. The number of anilines is 1. The van der Waals surface area contributed by atoms with Gasteiger partial charge in [0.2, 0.25) is 5.91 Å². The van der Waals surface area contributed by atoms with Gasteiger partial charge in [0.25, 0.3) is 0 Å². The van der Waals surface area contributed by atoms with Gasteiger partial charge in [-0.2, -0.15) is 0 Å². The van der Waals surface area contributed by atoms with Crippen LogP contribution in [0.4, 0.5) is 5.69 Å². The highest BCUT2D eigenvalue weighted by atomic mass is 16.5. The lowest BCUT2D eigenvalue weighted by Crippen LogP contribution is -2.52. The van der Waals surface area contributed by atoms with Crippen molar-refractivity contribution in [3.63, 3.8) is 0 Å². The summed E-state index contributed by atoms with van der Waals surface area (Å²) in [5.74, 6) is 0.730. The Labute approximate surface area is 205 Å². The molecule has 0 bridgehead atoms. The van der Waals surface area contributed by atoms with Crippen molar-refractivity contribution in [2.45, 2.75) is 83.7 Å². The first-order chi connectivity index (χ1) is 16.0. The molecule has 4 rings (SSSR count). The van der Waals surface area contributed by atoms with Gasteiger partial charge in [0.05, 0.1) is 18.2 Å². The third-order valence-corrected chi connectivity index (χ3v) is 8.97. The molecule has 1 aromatic heterocycles. The number of aromatic nitrogens is 1. The molecule has 2 heterocycles. The van der Waals surface area contributed by atoms with Gasteiger partial charge in [-0.25, -0.2) is 0 Å². The molecule has 0 fully saturated rings. The van der Waals surface area contributed by atoms with Crippen LogP contribution in [0, 0.1) is 11.8 Å². The molecule has 0 spiro atoms. The van der Waals surface area contributed by atoms with Crippen LogP contribution < -0.4 is 10.2 Å². The molecular weight excluding hydrogens is 422 g/mol. The minimum atomic E-state index is -0.263. The molecule has 0 saturated heterocycles. The van der Waals surface area contributed by atoms with Gasteiger partial charge >= 0.3 is 0 Å². The highest BCUT2D eigenvalue weighted by Gasteiger charge is 2.45. The number of rotatable bonds is 5. The zero-order valence-corrected chi connectivity index (χ0v) is 22.3. The number of carbonyl (C=O) groups is 1. The van der Waals surface area contributed by atoms with Gasteiger partial charge in [-0.15, -0.1) is 6.58 Å². The second-order valence-corrected chi connectivity index (χ2v) is 11.7. The second kappa shape index (κ2) is 8.75. The number of fused-ring (bicyclic) bond motifs is 2. The molecule has 1 aliphatic carbocycles. The smallest absolute Gasteiger partial charge is 0.243 e. The van der Waals surface area contributed by atoms with Crippen LogP contribution in [0.1, 0.15) is 71.1 Å². The normalized spacial score (nSPS) is 29.6. The van der Waals surface area contributed by atoms with E-state index in [4.69, 9.17) is 4.74 Å². The lowest BCUT2D eigenvalue weighted by Gasteiger charge is -2.47. The maximum absolute atomic E-state index is 13.5. The van der Waals surface area contributed by atoms with E-state index in [1.807, 2.05) is 0 Å². The SMILES string of the molecule is C=C[C@@]1(C)CC[C@](C)(C(C)C)c2cc3c4c(c[nH]c4c21)C[C@@H](COC)NC(=O)[C@H](C(C)C)N3C. The number of ether oxygens (including phenoxy) is 1. The number of methoxy groups -OCH3 is 1. The van der Waals surface area contributed by atoms with E-state index < -0.39 is 0 Å². The summed E-state index contributed by atoms with van der Waals surface area (Å²) >= 11 is 0. The van der Waals surface area contributed by atoms with Crippen molar-refractivity contribution in [2.75, 3.05) is 25.7 Å². The standard InChI is InChI=1S/C29H43N3O2/c1-10-28(6)11-12-29(7,18(4)5)21-14-22-23-19(15-30-25(23)24(21)28)13-20(16-34-9)31-27(33)26(17(2)3)32(22)8/h10,14-15,17-18,20,26,30H,1,11-13,16H2,2-9H3,(H,31,33)/t20-,26-,28-,29+/m0/s1. The van der Waals surface area contributed by atoms with E-state index in [9.17, 15) is 4.79 Å². The number of hydrogen-bond acceptors (Lipinski definition) is 3. The maximum Gasteiger partial charge on any atom is 0.243 e. The van der Waals surface area contributed by atoms with Crippen LogP contribution >= 0.6 is 0 Å². The Bertz CT molecular complexity index is 1100. The van der Waals surface area contributed by atoms with Crippen LogP contribution in [-0.4, -0.2) is 43.7 Å². The zero-order chi connectivity index (χ0) is 25.0. The summed E-state index contributed by atoms with van der Waals surface area (Å²) in [6.07, 6.45) is 7.22. The summed E-state index contributed by atoms with van der Waals surface area (Å²) in [6, 6.07) is 2.08. The first kappa shape index (κ1) is 24.8. The maximum atomic E-state index is 13.5. The molecule has 186 valence electrons. The highest BCUT2D eigenvalue weighted by molar-refractivity contribution is 6.01. The lowest BCUT2D eigenvalue weighted by molar-refractivity contribution is -0.124. The Morgan fingerprint density at radius 3 is 2.56 bits per heavy atom. The number of amides is 1. The van der Waals surface area contributed by atoms with Gasteiger partial charge in [-0.05, 0) is 59.3 Å². The number of likely N-dealkylation sites (N-methyl/N-ethyl adjacent to an activating group) is 1. The average molecular weight is 466 g/mol. The van der Waals surface area contributed by atoms with Gasteiger partial charge in [0.1, 0.15) is 6.04 Å². The molecule has 2 aromatic rings. The summed E-state index contributed by atoms with van der Waals surface area (Å²) in [4.78, 5) is 19.4. The largest absolute Gasteiger partial charge is 0.383 e. The number of carbonyl (C=O) groups excluding carboxylic acids is 1. The van der Waals surface area contributed by atoms with Crippen molar-refractivity contribution in [3.8, 4) is 0 Å². The van der Waals surface area contributed by atoms with E-state index >= 15 is 0 Å². The Hall–Kier alpha value is -2.27. The second-order valence-electron chi connectivity index (χ2n) is 11.7. The van der Waals surface area contributed by atoms with Gasteiger partial charge in [0, 0.05) is 36.8 Å². The van der Waals surface area contributed by atoms with E-state index in [0.717, 1.165) is 24.9 Å². The summed E-state index contributed by atoms with van der Waals surface area (Å²) in [7, 11) is 3.78. The predicted octanol–water partition coefficient (Wildman–Crippen LogP) is 5.47. The van der Waals surface area contributed by atoms with Crippen LogP contribution in [0.15, 0.2) is 24.9 Å². The van der Waals surface area contributed by atoms with Gasteiger partial charge in [-0.3, -0.25) is 4.79 Å². The molecule has 2 N–H and O–H groups in total. The first-order valence-corrected chi connectivity index (χ1v) is 12.8. The third kappa shape index (κ3) is 3.67. The summed E-state index contributed by atoms with van der Waals surface area (Å²) < 4.78 is 5.49. The number of nitrogens with one attached hydrogen (secondary N) is 2. The van der Waals surface area contributed by atoms with Crippen LogP contribution in [0.3, 0.4) is 0 Å². The molecular formula is C29H43N3O2. The summed E-state index contributed by atoms with van der Waals surface area (Å²) in [5.41, 5.74) is 6.32. The third-order valence-electron chi connectivity index (χ3n) is 8.97. The van der Waals surface area contributed by atoms with Crippen molar-refractivity contribution >= 4 is 22.5 Å². The van der Waals surface area contributed by atoms with Crippen molar-refractivity contribution in [2.24, 2.45) is 11.8 Å². The monoisotopic (exact) mass is 465 g/mol. The fraction of sp³-hybridized carbons (Fsp3) is 0.621. The Balaban J connectivity index is 2.09. The van der Waals surface area contributed by atoms with Crippen molar-refractivity contribution in [3.05, 3.63) is 41.6 Å². The topological polar surface area (TPSA) is 57.4 Å². The predicted molar refractivity (Wildman–Crippen MR) is 142 cm³/mol. The number of benzene rings is 1. The summed E-state index contributed by atoms with van der Waals surface area (Å²) in [5, 5.41) is 4.53. The number of allylic oxidation sites excluding steroid dienone is 1. The van der Waals surface area contributed by atoms with E-state index in [1.165, 1.54) is 27.6 Å². The van der Waals surface area contributed by atoms with Crippen molar-refractivity contribution < 1.29 is 9.53 Å². The minimum absolute atomic E-state index is 0.0568.